The molecule has 84 valence electrons. The third-order valence-corrected chi connectivity index (χ3v) is 2.02. The number of ether oxygens (including phenoxy) is 1. The number of aryl methyl sites for hydroxylation is 1. The van der Waals surface area contributed by atoms with Gasteiger partial charge in [-0.25, -0.2) is 0 Å². The fraction of sp³-hybridized carbons (Fsp3) is 0.556. The highest BCUT2D eigenvalue weighted by Gasteiger charge is 2.15. The fourth-order valence-electron chi connectivity index (χ4n) is 1.13. The number of carbonyl (C=O) groups excluding carboxylic acids is 1. The molecule has 1 atom stereocenters. The van der Waals surface area contributed by atoms with E-state index < -0.39 is 6.10 Å². The van der Waals surface area contributed by atoms with Gasteiger partial charge in [-0.05, 0) is 6.92 Å². The van der Waals surface area contributed by atoms with Crippen LogP contribution in [-0.2, 0) is 16.1 Å². The van der Waals surface area contributed by atoms with Crippen molar-refractivity contribution in [1.29, 1.82) is 0 Å². The van der Waals surface area contributed by atoms with E-state index in [-0.39, 0.29) is 12.5 Å². The number of anilines is 1. The topological polar surface area (TPSA) is 82.2 Å². The minimum Gasteiger partial charge on any atom is -0.370 e. The van der Waals surface area contributed by atoms with Gasteiger partial charge in [0.1, 0.15) is 6.10 Å². The van der Waals surface area contributed by atoms with E-state index in [0.717, 1.165) is 6.54 Å². The van der Waals surface area contributed by atoms with Gasteiger partial charge in [0.05, 0.1) is 11.9 Å². The van der Waals surface area contributed by atoms with Crippen molar-refractivity contribution in [3.05, 3.63) is 12.4 Å². The molecule has 0 aliphatic rings. The highest BCUT2D eigenvalue weighted by Crippen LogP contribution is 2.05. The number of amides is 1. The van der Waals surface area contributed by atoms with Crippen molar-refractivity contribution in [1.82, 2.24) is 9.78 Å². The lowest BCUT2D eigenvalue weighted by Gasteiger charge is -2.11. The summed E-state index contributed by atoms with van der Waals surface area (Å²) in [6.45, 7) is 2.89. The Labute approximate surface area is 88.4 Å². The van der Waals surface area contributed by atoms with Crippen molar-refractivity contribution in [2.75, 3.05) is 19.0 Å². The molecule has 1 aromatic rings. The molecule has 1 aromatic heterocycles. The van der Waals surface area contributed by atoms with E-state index in [9.17, 15) is 4.79 Å². The summed E-state index contributed by atoms with van der Waals surface area (Å²) in [5, 5.41) is 6.70. The predicted octanol–water partition coefficient (Wildman–Crippen LogP) is -0.185. The molecule has 1 rings (SSSR count). The fourth-order valence-corrected chi connectivity index (χ4v) is 1.13. The van der Waals surface area contributed by atoms with E-state index in [1.165, 1.54) is 7.11 Å². The zero-order chi connectivity index (χ0) is 11.3. The average molecular weight is 212 g/mol. The van der Waals surface area contributed by atoms with Gasteiger partial charge in [-0.1, -0.05) is 0 Å². The first kappa shape index (κ1) is 11.7. The molecule has 0 aliphatic carbocycles. The number of hydrogen-bond acceptors (Lipinski definition) is 4. The molecule has 0 spiro atoms. The maximum atomic E-state index is 11.5. The standard InChI is InChI=1S/C9H16N4O2/c1-3-13-6-7(5-11-13)12-9(14)8(4-10)15-2/h5-6,8H,3-4,10H2,1-2H3,(H,12,14). The van der Waals surface area contributed by atoms with Crippen LogP contribution >= 0.6 is 0 Å². The lowest BCUT2D eigenvalue weighted by atomic mass is 10.3. The van der Waals surface area contributed by atoms with Crippen molar-refractivity contribution < 1.29 is 9.53 Å². The normalized spacial score (nSPS) is 12.5. The summed E-state index contributed by atoms with van der Waals surface area (Å²) in [4.78, 5) is 11.5. The first-order valence-corrected chi connectivity index (χ1v) is 4.77. The summed E-state index contributed by atoms with van der Waals surface area (Å²) in [6.07, 6.45) is 2.72. The summed E-state index contributed by atoms with van der Waals surface area (Å²) in [5.41, 5.74) is 6.01. The SMILES string of the molecule is CCn1cc(NC(=O)C(CN)OC)cn1. The van der Waals surface area contributed by atoms with Gasteiger partial charge < -0.3 is 15.8 Å². The monoisotopic (exact) mass is 212 g/mol. The molecule has 1 amide bonds. The minimum absolute atomic E-state index is 0.157. The molecular weight excluding hydrogens is 196 g/mol. The highest BCUT2D eigenvalue weighted by atomic mass is 16.5. The largest absolute Gasteiger partial charge is 0.370 e. The second-order valence-electron chi connectivity index (χ2n) is 3.03. The first-order chi connectivity index (χ1) is 7.21. The summed E-state index contributed by atoms with van der Waals surface area (Å²) in [7, 11) is 1.45. The smallest absolute Gasteiger partial charge is 0.254 e. The van der Waals surface area contributed by atoms with E-state index in [2.05, 4.69) is 10.4 Å². The molecular formula is C9H16N4O2. The number of hydrogen-bond donors (Lipinski definition) is 2. The molecule has 6 heteroatoms. The van der Waals surface area contributed by atoms with Crippen molar-refractivity contribution >= 4 is 11.6 Å². The Balaban J connectivity index is 2.57. The van der Waals surface area contributed by atoms with Crippen LogP contribution in [0, 0.1) is 0 Å². The van der Waals surface area contributed by atoms with Gasteiger partial charge in [0, 0.05) is 26.4 Å². The Morgan fingerprint density at radius 3 is 3.00 bits per heavy atom. The Bertz CT molecular complexity index is 320. The third kappa shape index (κ3) is 3.03. The molecule has 0 aromatic carbocycles. The predicted molar refractivity (Wildman–Crippen MR) is 56.4 cm³/mol. The van der Waals surface area contributed by atoms with Gasteiger partial charge in [-0.2, -0.15) is 5.10 Å². The summed E-state index contributed by atoms with van der Waals surface area (Å²) >= 11 is 0. The van der Waals surface area contributed by atoms with Crippen LogP contribution in [0.1, 0.15) is 6.92 Å². The maximum absolute atomic E-state index is 11.5. The Morgan fingerprint density at radius 2 is 2.53 bits per heavy atom. The lowest BCUT2D eigenvalue weighted by Crippen LogP contribution is -2.35. The first-order valence-electron chi connectivity index (χ1n) is 4.77. The van der Waals surface area contributed by atoms with Crippen molar-refractivity contribution in [2.45, 2.75) is 19.6 Å². The zero-order valence-electron chi connectivity index (χ0n) is 8.93. The minimum atomic E-state index is -0.616. The number of nitrogens with zero attached hydrogens (tertiary/aromatic N) is 2. The summed E-state index contributed by atoms with van der Waals surface area (Å²) in [6, 6.07) is 0. The number of nitrogens with two attached hydrogens (primary N) is 1. The molecule has 0 radical (unpaired) electrons. The Morgan fingerprint density at radius 1 is 1.80 bits per heavy atom. The van der Waals surface area contributed by atoms with Crippen LogP contribution in [0.25, 0.3) is 0 Å². The molecule has 0 fully saturated rings. The molecule has 1 unspecified atom stereocenters. The highest BCUT2D eigenvalue weighted by molar-refractivity contribution is 5.94. The maximum Gasteiger partial charge on any atom is 0.254 e. The summed E-state index contributed by atoms with van der Waals surface area (Å²) in [5.74, 6) is -0.254. The van der Waals surface area contributed by atoms with E-state index in [0.29, 0.717) is 5.69 Å². The van der Waals surface area contributed by atoms with Crippen LogP contribution in [0.4, 0.5) is 5.69 Å². The van der Waals surface area contributed by atoms with Gasteiger partial charge in [0.15, 0.2) is 0 Å². The Kier molecular flexibility index (Phi) is 4.26. The molecule has 0 saturated heterocycles. The number of aromatic nitrogens is 2. The second kappa shape index (κ2) is 5.47. The van der Waals surface area contributed by atoms with Crippen LogP contribution in [0.2, 0.25) is 0 Å². The molecule has 1 heterocycles. The molecule has 3 N–H and O–H groups in total. The van der Waals surface area contributed by atoms with Crippen molar-refractivity contribution in [3.63, 3.8) is 0 Å². The van der Waals surface area contributed by atoms with Gasteiger partial charge in [0.25, 0.3) is 5.91 Å². The van der Waals surface area contributed by atoms with E-state index >= 15 is 0 Å². The van der Waals surface area contributed by atoms with Gasteiger partial charge in [0.2, 0.25) is 0 Å². The lowest BCUT2D eigenvalue weighted by molar-refractivity contribution is -0.125. The molecule has 0 saturated carbocycles. The molecule has 0 aliphatic heterocycles. The van der Waals surface area contributed by atoms with Crippen LogP contribution in [-0.4, -0.2) is 35.4 Å². The van der Waals surface area contributed by atoms with Gasteiger partial charge in [-0.3, -0.25) is 9.48 Å². The van der Waals surface area contributed by atoms with Crippen molar-refractivity contribution in [2.24, 2.45) is 5.73 Å². The number of carbonyl (C=O) groups is 1. The number of methoxy groups -OCH3 is 1. The second-order valence-corrected chi connectivity index (χ2v) is 3.03. The van der Waals surface area contributed by atoms with E-state index in [1.54, 1.807) is 17.1 Å². The van der Waals surface area contributed by atoms with E-state index in [4.69, 9.17) is 10.5 Å². The van der Waals surface area contributed by atoms with Gasteiger partial charge in [-0.15, -0.1) is 0 Å². The molecule has 15 heavy (non-hydrogen) atoms. The molecule has 6 nitrogen and oxygen atoms in total. The van der Waals surface area contributed by atoms with Gasteiger partial charge >= 0.3 is 0 Å². The van der Waals surface area contributed by atoms with Crippen LogP contribution in [0.15, 0.2) is 12.4 Å². The average Bonchev–Trinajstić information content (AvgIpc) is 2.67. The summed E-state index contributed by atoms with van der Waals surface area (Å²) < 4.78 is 6.62. The third-order valence-electron chi connectivity index (χ3n) is 2.02. The van der Waals surface area contributed by atoms with Crippen molar-refractivity contribution in [3.8, 4) is 0 Å². The van der Waals surface area contributed by atoms with Crippen LogP contribution < -0.4 is 11.1 Å². The molecule has 0 bridgehead atoms. The van der Waals surface area contributed by atoms with Crippen LogP contribution in [0.5, 0.6) is 0 Å². The number of rotatable bonds is 5. The Hall–Kier alpha value is -1.40. The zero-order valence-corrected chi connectivity index (χ0v) is 8.93. The van der Waals surface area contributed by atoms with E-state index in [1.807, 2.05) is 6.92 Å². The quantitative estimate of drug-likeness (QED) is 0.709. The number of nitrogens with one attached hydrogen (secondary N) is 1. The van der Waals surface area contributed by atoms with Crippen LogP contribution in [0.3, 0.4) is 0 Å².